The van der Waals surface area contributed by atoms with Crippen molar-refractivity contribution in [3.63, 3.8) is 0 Å². The van der Waals surface area contributed by atoms with E-state index in [0.717, 1.165) is 22.4 Å². The topological polar surface area (TPSA) is 49.4 Å². The summed E-state index contributed by atoms with van der Waals surface area (Å²) in [5.74, 6) is 0.933. The van der Waals surface area contributed by atoms with Gasteiger partial charge in [-0.2, -0.15) is 0 Å². The van der Waals surface area contributed by atoms with Crippen LogP contribution in [0.2, 0.25) is 0 Å². The van der Waals surface area contributed by atoms with Crippen LogP contribution in [0.25, 0.3) is 0 Å². The van der Waals surface area contributed by atoms with Crippen molar-refractivity contribution in [1.82, 2.24) is 10.2 Å². The van der Waals surface area contributed by atoms with Gasteiger partial charge in [-0.15, -0.1) is 11.8 Å². The molecule has 0 aliphatic carbocycles. The Kier molecular flexibility index (Phi) is 9.77. The lowest BCUT2D eigenvalue weighted by molar-refractivity contribution is -0.139. The van der Waals surface area contributed by atoms with E-state index in [-0.39, 0.29) is 17.9 Å². The number of nitrogens with one attached hydrogen (secondary N) is 1. The zero-order chi connectivity index (χ0) is 24.3. The van der Waals surface area contributed by atoms with Crippen LogP contribution in [0.1, 0.15) is 36.1 Å². The lowest BCUT2D eigenvalue weighted by Crippen LogP contribution is -2.52. The standard InChI is InChI=1S/C29H34N2O2S/c1-22(2)30-29(33)27(18-24-12-6-4-7-13-24)31(19-26-16-10-11-23(3)17-26)28(32)21-34-20-25-14-8-5-9-15-25/h4-17,22,27H,18-21H2,1-3H3,(H,30,33). The Morgan fingerprint density at radius 1 is 0.853 bits per heavy atom. The molecule has 0 spiro atoms. The quantitative estimate of drug-likeness (QED) is 0.405. The molecule has 0 aromatic heterocycles. The van der Waals surface area contributed by atoms with Crippen LogP contribution in [-0.2, 0) is 28.3 Å². The van der Waals surface area contributed by atoms with Gasteiger partial charge < -0.3 is 10.2 Å². The van der Waals surface area contributed by atoms with Gasteiger partial charge in [-0.1, -0.05) is 90.5 Å². The SMILES string of the molecule is Cc1cccc(CN(C(=O)CSCc2ccccc2)C(Cc2ccccc2)C(=O)NC(C)C)c1. The molecule has 0 heterocycles. The van der Waals surface area contributed by atoms with Gasteiger partial charge in [-0.05, 0) is 37.5 Å². The lowest BCUT2D eigenvalue weighted by Gasteiger charge is -2.32. The Morgan fingerprint density at radius 2 is 1.47 bits per heavy atom. The Balaban J connectivity index is 1.85. The van der Waals surface area contributed by atoms with Crippen molar-refractivity contribution in [3.05, 3.63) is 107 Å². The van der Waals surface area contributed by atoms with E-state index in [2.05, 4.69) is 23.5 Å². The predicted molar refractivity (Wildman–Crippen MR) is 142 cm³/mol. The van der Waals surface area contributed by atoms with Crippen molar-refractivity contribution in [2.24, 2.45) is 0 Å². The molecule has 34 heavy (non-hydrogen) atoms. The molecule has 3 aromatic carbocycles. The minimum absolute atomic E-state index is 0.00542. The average molecular weight is 475 g/mol. The van der Waals surface area contributed by atoms with E-state index < -0.39 is 6.04 Å². The number of aryl methyl sites for hydroxylation is 1. The third-order valence-electron chi connectivity index (χ3n) is 5.47. The number of thioether (sulfide) groups is 1. The Morgan fingerprint density at radius 3 is 2.09 bits per heavy atom. The molecular weight excluding hydrogens is 440 g/mol. The minimum Gasteiger partial charge on any atom is -0.352 e. The second-order valence-electron chi connectivity index (χ2n) is 8.86. The van der Waals surface area contributed by atoms with E-state index in [4.69, 9.17) is 0 Å². The van der Waals surface area contributed by atoms with Crippen LogP contribution in [0.5, 0.6) is 0 Å². The fraction of sp³-hybridized carbons (Fsp3) is 0.310. The van der Waals surface area contributed by atoms with Crippen LogP contribution in [-0.4, -0.2) is 34.6 Å². The van der Waals surface area contributed by atoms with Crippen LogP contribution < -0.4 is 5.32 Å². The van der Waals surface area contributed by atoms with Gasteiger partial charge in [0.2, 0.25) is 11.8 Å². The van der Waals surface area contributed by atoms with Crippen LogP contribution >= 0.6 is 11.8 Å². The summed E-state index contributed by atoms with van der Waals surface area (Å²) in [6, 6.07) is 27.6. The smallest absolute Gasteiger partial charge is 0.243 e. The maximum atomic E-state index is 13.6. The van der Waals surface area contributed by atoms with E-state index in [1.165, 1.54) is 5.56 Å². The highest BCUT2D eigenvalue weighted by atomic mass is 32.2. The minimum atomic E-state index is -0.588. The number of hydrogen-bond donors (Lipinski definition) is 1. The van der Waals surface area contributed by atoms with E-state index >= 15 is 0 Å². The maximum Gasteiger partial charge on any atom is 0.243 e. The van der Waals surface area contributed by atoms with Crippen LogP contribution in [0.15, 0.2) is 84.9 Å². The highest BCUT2D eigenvalue weighted by molar-refractivity contribution is 7.99. The van der Waals surface area contributed by atoms with Gasteiger partial charge in [-0.3, -0.25) is 9.59 Å². The summed E-state index contributed by atoms with van der Waals surface area (Å²) in [5.41, 5.74) is 4.38. The largest absolute Gasteiger partial charge is 0.352 e. The first-order chi connectivity index (χ1) is 16.4. The highest BCUT2D eigenvalue weighted by Gasteiger charge is 2.30. The normalized spacial score (nSPS) is 11.8. The van der Waals surface area contributed by atoms with Crippen molar-refractivity contribution >= 4 is 23.6 Å². The summed E-state index contributed by atoms with van der Waals surface area (Å²) < 4.78 is 0. The maximum absolute atomic E-state index is 13.6. The fourth-order valence-electron chi connectivity index (χ4n) is 3.86. The molecule has 3 aromatic rings. The number of nitrogens with zero attached hydrogens (tertiary/aromatic N) is 1. The first-order valence-corrected chi connectivity index (χ1v) is 12.9. The lowest BCUT2D eigenvalue weighted by atomic mass is 10.0. The number of rotatable bonds is 11. The van der Waals surface area contributed by atoms with E-state index in [9.17, 15) is 9.59 Å². The Labute approximate surface area is 207 Å². The molecule has 1 unspecified atom stereocenters. The number of hydrogen-bond acceptors (Lipinski definition) is 3. The number of benzene rings is 3. The second-order valence-corrected chi connectivity index (χ2v) is 9.84. The van der Waals surface area contributed by atoms with E-state index in [1.807, 2.05) is 87.5 Å². The molecule has 0 bridgehead atoms. The third-order valence-corrected chi connectivity index (χ3v) is 6.46. The number of carbonyl (C=O) groups excluding carboxylic acids is 2. The molecule has 5 heteroatoms. The first kappa shape index (κ1) is 25.6. The van der Waals surface area contributed by atoms with Crippen molar-refractivity contribution in [1.29, 1.82) is 0 Å². The number of carbonyl (C=O) groups is 2. The molecule has 4 nitrogen and oxygen atoms in total. The molecule has 0 aliphatic rings. The van der Waals surface area contributed by atoms with Gasteiger partial charge >= 0.3 is 0 Å². The van der Waals surface area contributed by atoms with Crippen LogP contribution in [0, 0.1) is 6.92 Å². The molecule has 0 radical (unpaired) electrons. The van der Waals surface area contributed by atoms with Crippen molar-refractivity contribution in [3.8, 4) is 0 Å². The van der Waals surface area contributed by atoms with Crippen LogP contribution in [0.4, 0.5) is 0 Å². The summed E-state index contributed by atoms with van der Waals surface area (Å²) in [4.78, 5) is 28.7. The summed E-state index contributed by atoms with van der Waals surface area (Å²) in [5, 5.41) is 3.04. The molecule has 0 aliphatic heterocycles. The van der Waals surface area contributed by atoms with Crippen molar-refractivity contribution in [2.75, 3.05) is 5.75 Å². The van der Waals surface area contributed by atoms with Gasteiger partial charge in [0, 0.05) is 24.8 Å². The molecule has 178 valence electrons. The summed E-state index contributed by atoms with van der Waals surface area (Å²) in [6.45, 7) is 6.33. The number of amides is 2. The van der Waals surface area contributed by atoms with Gasteiger partial charge in [0.1, 0.15) is 6.04 Å². The molecular formula is C29H34N2O2S. The zero-order valence-corrected chi connectivity index (χ0v) is 21.1. The molecule has 0 saturated heterocycles. The van der Waals surface area contributed by atoms with Gasteiger partial charge in [-0.25, -0.2) is 0 Å². The van der Waals surface area contributed by atoms with Crippen LogP contribution in [0.3, 0.4) is 0 Å². The predicted octanol–water partition coefficient (Wildman–Crippen LogP) is 5.39. The zero-order valence-electron chi connectivity index (χ0n) is 20.2. The first-order valence-electron chi connectivity index (χ1n) is 11.7. The molecule has 1 atom stereocenters. The summed E-state index contributed by atoms with van der Waals surface area (Å²) >= 11 is 1.58. The van der Waals surface area contributed by atoms with Crippen molar-refractivity contribution in [2.45, 2.75) is 51.6 Å². The van der Waals surface area contributed by atoms with Gasteiger partial charge in [0.05, 0.1) is 5.75 Å². The molecule has 0 fully saturated rings. The van der Waals surface area contributed by atoms with Crippen molar-refractivity contribution < 1.29 is 9.59 Å². The van der Waals surface area contributed by atoms with E-state index in [0.29, 0.717) is 18.7 Å². The molecule has 1 N–H and O–H groups in total. The van der Waals surface area contributed by atoms with Gasteiger partial charge in [0.15, 0.2) is 0 Å². The fourth-order valence-corrected chi connectivity index (χ4v) is 4.73. The van der Waals surface area contributed by atoms with E-state index in [1.54, 1.807) is 16.7 Å². The highest BCUT2D eigenvalue weighted by Crippen LogP contribution is 2.19. The second kappa shape index (κ2) is 13.0. The third kappa shape index (κ3) is 8.07. The molecule has 3 rings (SSSR count). The average Bonchev–Trinajstić information content (AvgIpc) is 2.82. The summed E-state index contributed by atoms with van der Waals surface area (Å²) in [6.07, 6.45) is 0.473. The molecule has 2 amide bonds. The monoisotopic (exact) mass is 474 g/mol. The Bertz CT molecular complexity index is 1050. The molecule has 0 saturated carbocycles. The van der Waals surface area contributed by atoms with Gasteiger partial charge in [0.25, 0.3) is 0 Å². The Hall–Kier alpha value is -3.05. The summed E-state index contributed by atoms with van der Waals surface area (Å²) in [7, 11) is 0.